The van der Waals surface area contributed by atoms with Crippen molar-refractivity contribution in [2.45, 2.75) is 13.8 Å². The zero-order valence-electron chi connectivity index (χ0n) is 16.0. The molecular formula is C21H21NO5. The molecule has 0 aliphatic rings. The number of rotatable bonds is 6. The van der Waals surface area contributed by atoms with Gasteiger partial charge in [0.1, 0.15) is 0 Å². The van der Waals surface area contributed by atoms with Crippen LogP contribution in [0.3, 0.4) is 0 Å². The Morgan fingerprint density at radius 2 is 1.56 bits per heavy atom. The molecule has 6 nitrogen and oxygen atoms in total. The van der Waals surface area contributed by atoms with Gasteiger partial charge in [0, 0.05) is 16.8 Å². The predicted octanol–water partition coefficient (Wildman–Crippen LogP) is 3.71. The highest BCUT2D eigenvalue weighted by atomic mass is 16.5. The monoisotopic (exact) mass is 367 g/mol. The molecule has 0 atom stereocenters. The minimum atomic E-state index is -0.244. The molecule has 0 N–H and O–H groups in total. The van der Waals surface area contributed by atoms with E-state index in [1.54, 1.807) is 22.6 Å². The Balaban J connectivity index is 2.24. The Labute approximate surface area is 157 Å². The summed E-state index contributed by atoms with van der Waals surface area (Å²) in [6, 6.07) is 10.4. The van der Waals surface area contributed by atoms with Crippen molar-refractivity contribution in [2.75, 3.05) is 21.3 Å². The van der Waals surface area contributed by atoms with Crippen LogP contribution in [-0.4, -0.2) is 37.3 Å². The number of fused-ring (bicyclic) bond motifs is 1. The Morgan fingerprint density at radius 1 is 0.926 bits per heavy atom. The lowest BCUT2D eigenvalue weighted by Crippen LogP contribution is -2.08. The first-order chi connectivity index (χ1) is 12.9. The van der Waals surface area contributed by atoms with Crippen LogP contribution in [0.4, 0.5) is 0 Å². The number of aryl methyl sites for hydroxylation is 1. The van der Waals surface area contributed by atoms with Gasteiger partial charge in [0.05, 0.1) is 32.5 Å². The van der Waals surface area contributed by atoms with E-state index in [-0.39, 0.29) is 11.6 Å². The number of pyridine rings is 1. The normalized spacial score (nSPS) is 10.7. The fraction of sp³-hybridized carbons (Fsp3) is 0.238. The second-order valence-electron chi connectivity index (χ2n) is 6.13. The average Bonchev–Trinajstić information content (AvgIpc) is 3.07. The Bertz CT molecular complexity index is 1020. The summed E-state index contributed by atoms with van der Waals surface area (Å²) in [6.07, 6.45) is 0. The van der Waals surface area contributed by atoms with Gasteiger partial charge in [-0.05, 0) is 44.2 Å². The summed E-state index contributed by atoms with van der Waals surface area (Å²) >= 11 is 0. The lowest BCUT2D eigenvalue weighted by Gasteiger charge is -2.14. The van der Waals surface area contributed by atoms with Gasteiger partial charge in [-0.25, -0.2) is 0 Å². The smallest absolute Gasteiger partial charge is 0.210 e. The van der Waals surface area contributed by atoms with E-state index in [2.05, 4.69) is 0 Å². The number of carbonyl (C=O) groups excluding carboxylic acids is 2. The van der Waals surface area contributed by atoms with Crippen molar-refractivity contribution in [2.24, 2.45) is 0 Å². The predicted molar refractivity (Wildman–Crippen MR) is 102 cm³/mol. The molecule has 2 aromatic heterocycles. The molecule has 27 heavy (non-hydrogen) atoms. The summed E-state index contributed by atoms with van der Waals surface area (Å²) in [4.78, 5) is 25.3. The number of ketones is 2. The minimum Gasteiger partial charge on any atom is -0.493 e. The van der Waals surface area contributed by atoms with Gasteiger partial charge in [-0.15, -0.1) is 0 Å². The largest absolute Gasteiger partial charge is 0.493 e. The lowest BCUT2D eigenvalue weighted by molar-refractivity contribution is 0.101. The molecule has 140 valence electrons. The highest BCUT2D eigenvalue weighted by molar-refractivity contribution is 6.12. The van der Waals surface area contributed by atoms with Gasteiger partial charge in [-0.3, -0.25) is 9.59 Å². The molecule has 1 aromatic carbocycles. The molecule has 3 aromatic rings. The van der Waals surface area contributed by atoms with Crippen molar-refractivity contribution in [3.8, 4) is 17.2 Å². The van der Waals surface area contributed by atoms with Crippen LogP contribution in [0.15, 0.2) is 36.4 Å². The number of methoxy groups -OCH3 is 3. The second-order valence-corrected chi connectivity index (χ2v) is 6.13. The van der Waals surface area contributed by atoms with Crippen LogP contribution in [0.5, 0.6) is 17.2 Å². The third-order valence-electron chi connectivity index (χ3n) is 4.52. The number of nitrogens with zero attached hydrogens (tertiary/aromatic N) is 1. The zero-order valence-corrected chi connectivity index (χ0v) is 16.0. The number of carbonyl (C=O) groups is 2. The topological polar surface area (TPSA) is 66.2 Å². The molecule has 0 aliphatic heterocycles. The van der Waals surface area contributed by atoms with Gasteiger partial charge < -0.3 is 18.6 Å². The van der Waals surface area contributed by atoms with Crippen molar-refractivity contribution in [3.63, 3.8) is 0 Å². The van der Waals surface area contributed by atoms with E-state index in [0.717, 1.165) is 5.69 Å². The second kappa shape index (κ2) is 7.15. The Morgan fingerprint density at radius 3 is 2.07 bits per heavy atom. The van der Waals surface area contributed by atoms with Gasteiger partial charge in [0.2, 0.25) is 11.5 Å². The van der Waals surface area contributed by atoms with E-state index in [1.165, 1.54) is 28.3 Å². The van der Waals surface area contributed by atoms with Crippen LogP contribution in [0.1, 0.15) is 39.0 Å². The van der Waals surface area contributed by atoms with Crippen molar-refractivity contribution in [3.05, 3.63) is 58.9 Å². The van der Waals surface area contributed by atoms with Crippen molar-refractivity contribution in [1.29, 1.82) is 0 Å². The number of hydrogen-bond donors (Lipinski definition) is 0. The van der Waals surface area contributed by atoms with E-state index in [0.29, 0.717) is 39.6 Å². The fourth-order valence-corrected chi connectivity index (χ4v) is 3.23. The van der Waals surface area contributed by atoms with Crippen LogP contribution < -0.4 is 14.2 Å². The van der Waals surface area contributed by atoms with E-state index < -0.39 is 0 Å². The molecule has 0 fully saturated rings. The summed E-state index contributed by atoms with van der Waals surface area (Å²) in [5.74, 6) is 0.861. The minimum absolute atomic E-state index is 0.0953. The molecule has 6 heteroatoms. The molecule has 0 aliphatic carbocycles. The van der Waals surface area contributed by atoms with Crippen LogP contribution in [0, 0.1) is 6.92 Å². The lowest BCUT2D eigenvalue weighted by atomic mass is 10.1. The molecule has 0 spiro atoms. The summed E-state index contributed by atoms with van der Waals surface area (Å²) in [5.41, 5.74) is 2.86. The van der Waals surface area contributed by atoms with Gasteiger partial charge in [0.25, 0.3) is 0 Å². The number of Topliss-reactive ketones (excluding diaryl/α,β-unsaturated/α-hetero) is 1. The zero-order chi connectivity index (χ0) is 19.7. The SMILES string of the molecule is COc1cc(C(=O)c2cc(C(C)=O)c3cccc(C)n23)cc(OC)c1OC. The van der Waals surface area contributed by atoms with Crippen molar-refractivity contribution in [1.82, 2.24) is 4.40 Å². The molecular weight excluding hydrogens is 346 g/mol. The maximum atomic E-state index is 13.3. The third-order valence-corrected chi connectivity index (χ3v) is 4.52. The van der Waals surface area contributed by atoms with Crippen molar-refractivity contribution >= 4 is 17.1 Å². The maximum absolute atomic E-state index is 13.3. The molecule has 0 bridgehead atoms. The van der Waals surface area contributed by atoms with Gasteiger partial charge in [-0.2, -0.15) is 0 Å². The number of aromatic nitrogens is 1. The molecule has 0 radical (unpaired) electrons. The summed E-state index contributed by atoms with van der Waals surface area (Å²) in [7, 11) is 4.50. The van der Waals surface area contributed by atoms with Gasteiger partial charge in [-0.1, -0.05) is 6.07 Å². The molecule has 3 rings (SSSR count). The van der Waals surface area contributed by atoms with E-state index in [4.69, 9.17) is 14.2 Å². The maximum Gasteiger partial charge on any atom is 0.210 e. The highest BCUT2D eigenvalue weighted by Gasteiger charge is 2.23. The number of hydrogen-bond acceptors (Lipinski definition) is 5. The van der Waals surface area contributed by atoms with Crippen LogP contribution in [0.2, 0.25) is 0 Å². The van der Waals surface area contributed by atoms with E-state index in [1.807, 2.05) is 25.1 Å². The van der Waals surface area contributed by atoms with E-state index >= 15 is 0 Å². The third kappa shape index (κ3) is 3.03. The molecule has 0 saturated carbocycles. The summed E-state index contributed by atoms with van der Waals surface area (Å²) in [6.45, 7) is 3.38. The summed E-state index contributed by atoms with van der Waals surface area (Å²) < 4.78 is 17.8. The van der Waals surface area contributed by atoms with Crippen LogP contribution in [0.25, 0.3) is 5.52 Å². The first-order valence-corrected chi connectivity index (χ1v) is 8.39. The van der Waals surface area contributed by atoms with Crippen LogP contribution in [-0.2, 0) is 0 Å². The first kappa shape index (κ1) is 18.5. The standard InChI is InChI=1S/C21H21NO5/c1-12-7-6-8-16-15(13(2)23)11-17(22(12)16)20(24)14-9-18(25-3)21(27-5)19(10-14)26-4/h6-11H,1-5H3. The van der Waals surface area contributed by atoms with E-state index in [9.17, 15) is 9.59 Å². The Kier molecular flexibility index (Phi) is 4.90. The van der Waals surface area contributed by atoms with Gasteiger partial charge in [0.15, 0.2) is 17.3 Å². The highest BCUT2D eigenvalue weighted by Crippen LogP contribution is 2.39. The Hall–Kier alpha value is -3.28. The number of benzene rings is 1. The molecule has 0 unspecified atom stereocenters. The molecule has 0 saturated heterocycles. The van der Waals surface area contributed by atoms with Crippen LogP contribution >= 0.6 is 0 Å². The number of ether oxygens (including phenoxy) is 3. The average molecular weight is 367 g/mol. The van der Waals surface area contributed by atoms with Crippen molar-refractivity contribution < 1.29 is 23.8 Å². The quantitative estimate of drug-likeness (QED) is 0.622. The molecule has 2 heterocycles. The molecule has 0 amide bonds. The fourth-order valence-electron chi connectivity index (χ4n) is 3.23. The van der Waals surface area contributed by atoms with Gasteiger partial charge >= 0.3 is 0 Å². The first-order valence-electron chi connectivity index (χ1n) is 8.39. The summed E-state index contributed by atoms with van der Waals surface area (Å²) in [5, 5.41) is 0.